The number of carbonyl (C=O) groups is 1. The summed E-state index contributed by atoms with van der Waals surface area (Å²) in [4.78, 5) is 18.0. The van der Waals surface area contributed by atoms with Crippen molar-refractivity contribution >= 4 is 17.9 Å². The van der Waals surface area contributed by atoms with Gasteiger partial charge in [-0.05, 0) is 74.0 Å². The van der Waals surface area contributed by atoms with Crippen LogP contribution in [0.25, 0.3) is 0 Å². The van der Waals surface area contributed by atoms with Gasteiger partial charge < -0.3 is 10.1 Å². The zero-order chi connectivity index (χ0) is 21.4. The van der Waals surface area contributed by atoms with Crippen LogP contribution in [0, 0.1) is 11.2 Å². The molecule has 0 spiro atoms. The van der Waals surface area contributed by atoms with Gasteiger partial charge in [-0.1, -0.05) is 13.8 Å². The lowest BCUT2D eigenvalue weighted by Crippen LogP contribution is -2.47. The molecule has 3 rings (SSSR count). The number of aromatic nitrogens is 1. The molecule has 7 heteroatoms. The van der Waals surface area contributed by atoms with Crippen LogP contribution in [-0.2, 0) is 4.79 Å². The Kier molecular flexibility index (Phi) is 8.10. The van der Waals surface area contributed by atoms with Gasteiger partial charge in [0.15, 0.2) is 0 Å². The summed E-state index contributed by atoms with van der Waals surface area (Å²) in [7, 11) is 0. The van der Waals surface area contributed by atoms with Gasteiger partial charge in [0.05, 0.1) is 6.61 Å². The summed E-state index contributed by atoms with van der Waals surface area (Å²) in [6.07, 6.45) is 7.01. The third kappa shape index (κ3) is 6.99. The van der Waals surface area contributed by atoms with Crippen LogP contribution in [0.5, 0.6) is 5.75 Å². The molecule has 1 fully saturated rings. The van der Waals surface area contributed by atoms with Crippen LogP contribution in [-0.4, -0.2) is 40.9 Å². The fourth-order valence-electron chi connectivity index (χ4n) is 3.37. The van der Waals surface area contributed by atoms with Crippen LogP contribution in [0.2, 0.25) is 0 Å². The van der Waals surface area contributed by atoms with Gasteiger partial charge in [0.2, 0.25) is 5.91 Å². The molecule has 0 bridgehead atoms. The lowest BCUT2D eigenvalue weighted by Gasteiger charge is -2.33. The van der Waals surface area contributed by atoms with Gasteiger partial charge >= 0.3 is 0 Å². The third-order valence-corrected chi connectivity index (χ3v) is 6.42. The number of carbonyl (C=O) groups excluding carboxylic acids is 1. The van der Waals surface area contributed by atoms with E-state index in [9.17, 15) is 9.18 Å². The second kappa shape index (κ2) is 10.8. The fraction of sp³-hybridized carbons (Fsp3) is 0.478. The van der Waals surface area contributed by atoms with Crippen molar-refractivity contribution in [3.8, 4) is 5.75 Å². The summed E-state index contributed by atoms with van der Waals surface area (Å²) in [5, 5.41) is 3.24. The molecule has 1 aromatic heterocycles. The summed E-state index contributed by atoms with van der Waals surface area (Å²) in [5.74, 6) is 0.474. The highest BCUT2D eigenvalue weighted by molar-refractivity contribution is 7.97. The molecule has 0 radical (unpaired) electrons. The van der Waals surface area contributed by atoms with Crippen LogP contribution in [0.3, 0.4) is 0 Å². The van der Waals surface area contributed by atoms with Gasteiger partial charge in [0.1, 0.15) is 11.6 Å². The molecule has 1 saturated heterocycles. The number of benzene rings is 1. The van der Waals surface area contributed by atoms with Gasteiger partial charge in [-0.25, -0.2) is 8.70 Å². The van der Waals surface area contributed by atoms with E-state index in [-0.39, 0.29) is 17.8 Å². The second-order valence-corrected chi connectivity index (χ2v) is 9.41. The summed E-state index contributed by atoms with van der Waals surface area (Å²) >= 11 is 1.75. The summed E-state index contributed by atoms with van der Waals surface area (Å²) in [6.45, 7) is 6.37. The first-order valence-corrected chi connectivity index (χ1v) is 11.2. The molecular formula is C23H30FN3O2S. The van der Waals surface area contributed by atoms with Gasteiger partial charge in [0.25, 0.3) is 0 Å². The summed E-state index contributed by atoms with van der Waals surface area (Å²) in [5.41, 5.74) is -0.449. The highest BCUT2D eigenvalue weighted by Crippen LogP contribution is 2.27. The predicted molar refractivity (Wildman–Crippen MR) is 118 cm³/mol. The molecule has 5 nitrogen and oxygen atoms in total. The number of amides is 1. The number of nitrogens with one attached hydrogen (secondary N) is 1. The van der Waals surface area contributed by atoms with Crippen molar-refractivity contribution in [2.45, 2.75) is 50.5 Å². The molecule has 1 amide bonds. The Morgan fingerprint density at radius 3 is 2.53 bits per heavy atom. The molecule has 1 N–H and O–H groups in total. The SMILES string of the molecule is CC(C)(CCCOc1ccc(F)cc1)C(=O)NC1CCN(Sc2ccncc2)CC1. The molecule has 0 unspecified atom stereocenters. The van der Waals surface area contributed by atoms with E-state index in [1.54, 1.807) is 24.1 Å². The molecule has 0 atom stereocenters. The molecule has 1 aromatic carbocycles. The van der Waals surface area contributed by atoms with Crippen LogP contribution in [0.1, 0.15) is 39.5 Å². The first-order valence-electron chi connectivity index (χ1n) is 10.4. The average Bonchev–Trinajstić information content (AvgIpc) is 2.74. The topological polar surface area (TPSA) is 54.5 Å². The molecule has 0 saturated carbocycles. The minimum absolute atomic E-state index is 0.101. The van der Waals surface area contributed by atoms with Crippen molar-refractivity contribution in [2.75, 3.05) is 19.7 Å². The number of piperidine rings is 1. The molecule has 1 aliphatic heterocycles. The minimum Gasteiger partial charge on any atom is -0.494 e. The van der Waals surface area contributed by atoms with Crippen LogP contribution in [0.4, 0.5) is 4.39 Å². The van der Waals surface area contributed by atoms with E-state index < -0.39 is 5.41 Å². The fourth-order valence-corrected chi connectivity index (χ4v) is 4.30. The number of ether oxygens (including phenoxy) is 1. The Labute approximate surface area is 182 Å². The number of halogens is 1. The summed E-state index contributed by atoms with van der Waals surface area (Å²) < 4.78 is 20.9. The normalized spacial score (nSPS) is 15.7. The van der Waals surface area contributed by atoms with E-state index in [2.05, 4.69) is 14.6 Å². The van der Waals surface area contributed by atoms with Gasteiger partial charge in [-0.15, -0.1) is 0 Å². The maximum Gasteiger partial charge on any atom is 0.225 e. The first-order chi connectivity index (χ1) is 14.4. The predicted octanol–water partition coefficient (Wildman–Crippen LogP) is 4.69. The maximum absolute atomic E-state index is 12.9. The number of rotatable bonds is 9. The Morgan fingerprint density at radius 2 is 1.87 bits per heavy atom. The van der Waals surface area contributed by atoms with E-state index >= 15 is 0 Å². The lowest BCUT2D eigenvalue weighted by atomic mass is 9.86. The molecule has 30 heavy (non-hydrogen) atoms. The standard InChI is InChI=1S/C23H30FN3O2S/c1-23(2,12-3-17-29-20-6-4-18(24)5-7-20)22(28)26-19-10-15-27(16-11-19)30-21-8-13-25-14-9-21/h4-9,13-14,19H,3,10-12,15-17H2,1-2H3,(H,26,28). The van der Waals surface area contributed by atoms with Crippen molar-refractivity contribution in [3.63, 3.8) is 0 Å². The quantitative estimate of drug-likeness (QED) is 0.461. The van der Waals surface area contributed by atoms with E-state index in [4.69, 9.17) is 4.74 Å². The molecule has 0 aliphatic carbocycles. The third-order valence-electron chi connectivity index (χ3n) is 5.32. The molecular weight excluding hydrogens is 401 g/mol. The highest BCUT2D eigenvalue weighted by atomic mass is 32.2. The zero-order valence-electron chi connectivity index (χ0n) is 17.6. The van der Waals surface area contributed by atoms with Crippen molar-refractivity contribution in [1.82, 2.24) is 14.6 Å². The van der Waals surface area contributed by atoms with Gasteiger partial charge in [-0.2, -0.15) is 0 Å². The van der Waals surface area contributed by atoms with Crippen LogP contribution >= 0.6 is 11.9 Å². The highest BCUT2D eigenvalue weighted by Gasteiger charge is 2.30. The van der Waals surface area contributed by atoms with Crippen molar-refractivity contribution in [2.24, 2.45) is 5.41 Å². The molecule has 2 aromatic rings. The number of pyridine rings is 1. The van der Waals surface area contributed by atoms with Crippen molar-refractivity contribution < 1.29 is 13.9 Å². The Hall–Kier alpha value is -2.12. The Balaban J connectivity index is 1.35. The lowest BCUT2D eigenvalue weighted by molar-refractivity contribution is -0.130. The first kappa shape index (κ1) is 22.6. The van der Waals surface area contributed by atoms with Crippen LogP contribution < -0.4 is 10.1 Å². The van der Waals surface area contributed by atoms with Gasteiger partial charge in [0, 0.05) is 41.8 Å². The Morgan fingerprint density at radius 1 is 1.20 bits per heavy atom. The molecule has 162 valence electrons. The number of nitrogens with zero attached hydrogens (tertiary/aromatic N) is 2. The monoisotopic (exact) mass is 431 g/mol. The maximum atomic E-state index is 12.9. The van der Waals surface area contributed by atoms with Crippen LogP contribution in [0.15, 0.2) is 53.7 Å². The van der Waals surface area contributed by atoms with Crippen molar-refractivity contribution in [1.29, 1.82) is 0 Å². The number of hydrogen-bond acceptors (Lipinski definition) is 5. The van der Waals surface area contributed by atoms with Gasteiger partial charge in [-0.3, -0.25) is 9.78 Å². The van der Waals surface area contributed by atoms with E-state index in [0.29, 0.717) is 12.4 Å². The largest absolute Gasteiger partial charge is 0.494 e. The molecule has 1 aliphatic rings. The van der Waals surface area contributed by atoms with E-state index in [1.165, 1.54) is 17.0 Å². The smallest absolute Gasteiger partial charge is 0.225 e. The zero-order valence-corrected chi connectivity index (χ0v) is 18.5. The summed E-state index contributed by atoms with van der Waals surface area (Å²) in [6, 6.07) is 10.3. The number of hydrogen-bond donors (Lipinski definition) is 1. The second-order valence-electron chi connectivity index (χ2n) is 8.24. The molecule has 2 heterocycles. The average molecular weight is 432 g/mol. The van der Waals surface area contributed by atoms with Crippen molar-refractivity contribution in [3.05, 3.63) is 54.6 Å². The minimum atomic E-state index is -0.449. The van der Waals surface area contributed by atoms with E-state index in [0.717, 1.165) is 38.8 Å². The van der Waals surface area contributed by atoms with E-state index in [1.807, 2.05) is 38.4 Å². The Bertz CT molecular complexity index is 794.